The maximum absolute atomic E-state index is 5.79. The first kappa shape index (κ1) is 10.3. The molecule has 0 unspecified atom stereocenters. The van der Waals surface area contributed by atoms with E-state index in [-0.39, 0.29) is 0 Å². The van der Waals surface area contributed by atoms with Crippen LogP contribution in [0.3, 0.4) is 0 Å². The van der Waals surface area contributed by atoms with Gasteiger partial charge < -0.3 is 5.73 Å². The first-order valence-electron chi connectivity index (χ1n) is 5.31. The number of nitrogens with zero attached hydrogens (tertiary/aromatic N) is 3. The summed E-state index contributed by atoms with van der Waals surface area (Å²) in [6.07, 6.45) is 0. The van der Waals surface area contributed by atoms with Crippen LogP contribution in [-0.2, 0) is 7.05 Å². The second-order valence-electron chi connectivity index (χ2n) is 4.06. The van der Waals surface area contributed by atoms with Crippen molar-refractivity contribution < 1.29 is 0 Å². The van der Waals surface area contributed by atoms with E-state index in [0.29, 0.717) is 5.82 Å². The lowest BCUT2D eigenvalue weighted by atomic mass is 10.1. The number of aromatic nitrogens is 3. The average molecular weight is 244 g/mol. The monoisotopic (exact) mass is 244 g/mol. The quantitative estimate of drug-likeness (QED) is 0.715. The van der Waals surface area contributed by atoms with Gasteiger partial charge in [-0.3, -0.25) is 4.68 Å². The number of fused-ring (bicyclic) bond motifs is 1. The Hall–Kier alpha value is -1.88. The van der Waals surface area contributed by atoms with Gasteiger partial charge in [-0.2, -0.15) is 9.47 Å². The fraction of sp³-hybridized carbons (Fsp3) is 0.167. The normalized spacial score (nSPS) is 11.2. The SMILES string of the molecule is Cc1nsc2ccc(-c3cc(N)n(C)n3)cc12. The van der Waals surface area contributed by atoms with Crippen molar-refractivity contribution in [2.24, 2.45) is 7.05 Å². The van der Waals surface area contributed by atoms with Gasteiger partial charge in [-0.25, -0.2) is 0 Å². The molecule has 0 saturated carbocycles. The van der Waals surface area contributed by atoms with E-state index >= 15 is 0 Å². The standard InChI is InChI=1S/C12H12N4S/c1-7-9-5-8(3-4-11(9)17-15-7)10-6-12(13)16(2)14-10/h3-6H,13H2,1-2H3. The maximum atomic E-state index is 5.79. The summed E-state index contributed by atoms with van der Waals surface area (Å²) in [5.41, 5.74) is 8.83. The number of nitrogen functional groups attached to an aromatic ring is 1. The molecule has 0 aliphatic rings. The van der Waals surface area contributed by atoms with E-state index in [1.807, 2.05) is 20.0 Å². The molecule has 2 aromatic heterocycles. The number of benzene rings is 1. The Bertz CT molecular complexity index is 676. The van der Waals surface area contributed by atoms with Crippen LogP contribution in [0.1, 0.15) is 5.69 Å². The lowest BCUT2D eigenvalue weighted by Gasteiger charge is -1.97. The largest absolute Gasteiger partial charge is 0.384 e. The van der Waals surface area contributed by atoms with E-state index < -0.39 is 0 Å². The van der Waals surface area contributed by atoms with Gasteiger partial charge in [0.05, 0.1) is 16.1 Å². The van der Waals surface area contributed by atoms with Crippen molar-refractivity contribution in [3.8, 4) is 11.3 Å². The number of nitrogens with two attached hydrogens (primary N) is 1. The second kappa shape index (κ2) is 3.56. The zero-order chi connectivity index (χ0) is 12.0. The first-order chi connectivity index (χ1) is 8.15. The van der Waals surface area contributed by atoms with E-state index in [0.717, 1.165) is 17.0 Å². The summed E-state index contributed by atoms with van der Waals surface area (Å²) in [6, 6.07) is 8.15. The minimum absolute atomic E-state index is 0.667. The summed E-state index contributed by atoms with van der Waals surface area (Å²) in [4.78, 5) is 0. The molecule has 0 saturated heterocycles. The van der Waals surface area contributed by atoms with Crippen molar-refractivity contribution in [1.29, 1.82) is 0 Å². The molecule has 1 aromatic carbocycles. The summed E-state index contributed by atoms with van der Waals surface area (Å²) < 4.78 is 7.23. The van der Waals surface area contributed by atoms with Crippen LogP contribution in [0, 0.1) is 6.92 Å². The zero-order valence-corrected chi connectivity index (χ0v) is 10.5. The molecule has 3 aromatic rings. The highest BCUT2D eigenvalue weighted by Gasteiger charge is 2.08. The van der Waals surface area contributed by atoms with Gasteiger partial charge in [-0.1, -0.05) is 6.07 Å². The molecule has 17 heavy (non-hydrogen) atoms. The van der Waals surface area contributed by atoms with Gasteiger partial charge in [0.15, 0.2) is 0 Å². The van der Waals surface area contributed by atoms with Crippen LogP contribution in [0.2, 0.25) is 0 Å². The van der Waals surface area contributed by atoms with Gasteiger partial charge in [-0.15, -0.1) is 0 Å². The Labute approximate surface area is 103 Å². The van der Waals surface area contributed by atoms with Crippen LogP contribution in [-0.4, -0.2) is 14.2 Å². The minimum Gasteiger partial charge on any atom is -0.384 e. The Balaban J connectivity index is 2.20. The Morgan fingerprint density at radius 3 is 2.82 bits per heavy atom. The molecule has 0 spiro atoms. The highest BCUT2D eigenvalue weighted by atomic mass is 32.1. The lowest BCUT2D eigenvalue weighted by Crippen LogP contribution is -1.96. The van der Waals surface area contributed by atoms with Gasteiger partial charge >= 0.3 is 0 Å². The molecule has 86 valence electrons. The van der Waals surface area contributed by atoms with E-state index in [1.54, 1.807) is 4.68 Å². The molecule has 0 aliphatic heterocycles. The van der Waals surface area contributed by atoms with E-state index in [1.165, 1.54) is 21.6 Å². The maximum Gasteiger partial charge on any atom is 0.121 e. The first-order valence-corrected chi connectivity index (χ1v) is 6.08. The van der Waals surface area contributed by atoms with Gasteiger partial charge in [0, 0.05) is 24.1 Å². The van der Waals surface area contributed by atoms with Crippen LogP contribution >= 0.6 is 11.5 Å². The topological polar surface area (TPSA) is 56.7 Å². The van der Waals surface area contributed by atoms with Crippen LogP contribution in [0.15, 0.2) is 24.3 Å². The average Bonchev–Trinajstić information content (AvgIpc) is 2.84. The Morgan fingerprint density at radius 1 is 1.29 bits per heavy atom. The molecule has 3 rings (SSSR count). The summed E-state index contributed by atoms with van der Waals surface area (Å²) in [5.74, 6) is 0.667. The molecule has 4 nitrogen and oxygen atoms in total. The van der Waals surface area contributed by atoms with E-state index in [9.17, 15) is 0 Å². The van der Waals surface area contributed by atoms with Gasteiger partial charge in [0.1, 0.15) is 5.82 Å². The van der Waals surface area contributed by atoms with Crippen LogP contribution in [0.4, 0.5) is 5.82 Å². The molecule has 0 radical (unpaired) electrons. The molecular weight excluding hydrogens is 232 g/mol. The third-order valence-corrected chi connectivity index (χ3v) is 3.78. The molecular formula is C12H12N4S. The van der Waals surface area contributed by atoms with Crippen molar-refractivity contribution >= 4 is 27.4 Å². The minimum atomic E-state index is 0.667. The summed E-state index contributed by atoms with van der Waals surface area (Å²) in [5, 5.41) is 5.57. The number of hydrogen-bond acceptors (Lipinski definition) is 4. The molecule has 0 aliphatic carbocycles. The van der Waals surface area contributed by atoms with Crippen LogP contribution in [0.25, 0.3) is 21.3 Å². The summed E-state index contributed by atoms with van der Waals surface area (Å²) >= 11 is 1.53. The molecule has 2 heterocycles. The van der Waals surface area contributed by atoms with Crippen molar-refractivity contribution in [1.82, 2.24) is 14.2 Å². The second-order valence-corrected chi connectivity index (χ2v) is 4.86. The van der Waals surface area contributed by atoms with E-state index in [2.05, 4.69) is 27.7 Å². The fourth-order valence-corrected chi connectivity index (χ4v) is 2.61. The molecule has 0 amide bonds. The highest BCUT2D eigenvalue weighted by Crippen LogP contribution is 2.28. The molecule has 2 N–H and O–H groups in total. The Morgan fingerprint density at radius 2 is 2.12 bits per heavy atom. The van der Waals surface area contributed by atoms with Crippen LogP contribution in [0.5, 0.6) is 0 Å². The van der Waals surface area contributed by atoms with Gasteiger partial charge in [-0.05, 0) is 30.6 Å². The van der Waals surface area contributed by atoms with Crippen molar-refractivity contribution in [3.63, 3.8) is 0 Å². The number of rotatable bonds is 1. The molecule has 0 fully saturated rings. The number of anilines is 1. The molecule has 0 atom stereocenters. The summed E-state index contributed by atoms with van der Waals surface area (Å²) in [6.45, 7) is 2.02. The third-order valence-electron chi connectivity index (χ3n) is 2.86. The number of hydrogen-bond donors (Lipinski definition) is 1. The molecule has 5 heteroatoms. The summed E-state index contributed by atoms with van der Waals surface area (Å²) in [7, 11) is 1.84. The van der Waals surface area contributed by atoms with Gasteiger partial charge in [0.25, 0.3) is 0 Å². The van der Waals surface area contributed by atoms with Crippen LogP contribution < -0.4 is 5.73 Å². The molecule has 0 bridgehead atoms. The van der Waals surface area contributed by atoms with Gasteiger partial charge in [0.2, 0.25) is 0 Å². The zero-order valence-electron chi connectivity index (χ0n) is 9.64. The smallest absolute Gasteiger partial charge is 0.121 e. The number of aryl methyl sites for hydroxylation is 2. The van der Waals surface area contributed by atoms with Crippen molar-refractivity contribution in [2.75, 3.05) is 5.73 Å². The fourth-order valence-electron chi connectivity index (χ4n) is 1.84. The highest BCUT2D eigenvalue weighted by molar-refractivity contribution is 7.13. The predicted molar refractivity (Wildman–Crippen MR) is 71.0 cm³/mol. The van der Waals surface area contributed by atoms with Crippen molar-refractivity contribution in [3.05, 3.63) is 30.0 Å². The Kier molecular flexibility index (Phi) is 2.16. The predicted octanol–water partition coefficient (Wildman–Crippen LogP) is 2.59. The third kappa shape index (κ3) is 1.59. The van der Waals surface area contributed by atoms with E-state index in [4.69, 9.17) is 5.73 Å². The van der Waals surface area contributed by atoms with Crippen molar-refractivity contribution in [2.45, 2.75) is 6.92 Å². The lowest BCUT2D eigenvalue weighted by molar-refractivity contribution is 0.782.